The molecule has 1 aromatic carbocycles. The number of nitrogens with zero attached hydrogens (tertiary/aromatic N) is 2. The third kappa shape index (κ3) is 5.53. The Kier molecular flexibility index (Phi) is 6.01. The number of ether oxygens (including phenoxy) is 1. The van der Waals surface area contributed by atoms with E-state index in [4.69, 9.17) is 0 Å². The van der Waals surface area contributed by atoms with Crippen molar-refractivity contribution in [2.75, 3.05) is 38.5 Å². The first-order valence-corrected chi connectivity index (χ1v) is 9.15. The van der Waals surface area contributed by atoms with E-state index >= 15 is 0 Å². The van der Waals surface area contributed by atoms with Crippen molar-refractivity contribution in [3.05, 3.63) is 18.2 Å². The summed E-state index contributed by atoms with van der Waals surface area (Å²) in [4.78, 5) is 29.6. The smallest absolute Gasteiger partial charge is 0.406 e. The van der Waals surface area contributed by atoms with Gasteiger partial charge >= 0.3 is 6.36 Å². The Morgan fingerprint density at radius 1 is 1.39 bits per heavy atom. The molecule has 0 bridgehead atoms. The zero-order chi connectivity index (χ0) is 20.3. The molecule has 0 aliphatic carbocycles. The van der Waals surface area contributed by atoms with Gasteiger partial charge in [-0.2, -0.15) is 0 Å². The van der Waals surface area contributed by atoms with Crippen LogP contribution in [-0.2, 0) is 9.59 Å². The molecule has 0 spiro atoms. The average molecular weight is 417 g/mol. The highest BCUT2D eigenvalue weighted by atomic mass is 32.1. The Balaban J connectivity index is 1.54. The SMILES string of the molecule is CN(CC(=O)Nc1nc2ccc(OC(F)(F)F)cc2s1)C(=O)CNC1CNC1. The number of hydrogen-bond donors (Lipinski definition) is 3. The lowest BCUT2D eigenvalue weighted by molar-refractivity contribution is -0.274. The highest BCUT2D eigenvalue weighted by molar-refractivity contribution is 7.22. The first kappa shape index (κ1) is 20.3. The molecule has 0 saturated carbocycles. The van der Waals surface area contributed by atoms with Crippen LogP contribution in [0.1, 0.15) is 0 Å². The van der Waals surface area contributed by atoms with Crippen molar-refractivity contribution in [3.8, 4) is 5.75 Å². The Hall–Kier alpha value is -2.44. The van der Waals surface area contributed by atoms with Crippen LogP contribution in [0.2, 0.25) is 0 Å². The van der Waals surface area contributed by atoms with Crippen molar-refractivity contribution >= 4 is 38.5 Å². The standard InChI is InChI=1S/C16H18F3N5O3S/c1-24(14(26)7-21-9-5-20-6-9)8-13(25)23-15-22-11-3-2-10(4-12(11)28-15)27-16(17,18)19/h2-4,9,20-21H,5-8H2,1H3,(H,22,23,25). The largest absolute Gasteiger partial charge is 0.573 e. The molecule has 0 atom stereocenters. The molecule has 8 nitrogen and oxygen atoms in total. The van der Waals surface area contributed by atoms with Gasteiger partial charge in [0.15, 0.2) is 5.13 Å². The van der Waals surface area contributed by atoms with Crippen molar-refractivity contribution in [1.82, 2.24) is 20.5 Å². The van der Waals surface area contributed by atoms with Crippen LogP contribution in [-0.4, -0.2) is 67.3 Å². The maximum absolute atomic E-state index is 12.3. The number of thiazole rings is 1. The van der Waals surface area contributed by atoms with E-state index in [0.29, 0.717) is 10.2 Å². The normalized spacial score (nSPS) is 14.6. The summed E-state index contributed by atoms with van der Waals surface area (Å²) in [6, 6.07) is 3.99. The minimum absolute atomic E-state index is 0.138. The van der Waals surface area contributed by atoms with Crippen LogP contribution < -0.4 is 20.7 Å². The molecular weight excluding hydrogens is 399 g/mol. The molecule has 12 heteroatoms. The highest BCUT2D eigenvalue weighted by Crippen LogP contribution is 2.31. The molecule has 2 heterocycles. The van der Waals surface area contributed by atoms with Crippen LogP contribution in [0.15, 0.2) is 18.2 Å². The van der Waals surface area contributed by atoms with Crippen LogP contribution >= 0.6 is 11.3 Å². The zero-order valence-corrected chi connectivity index (χ0v) is 15.6. The number of carbonyl (C=O) groups is 2. The van der Waals surface area contributed by atoms with Gasteiger partial charge in [-0.15, -0.1) is 13.2 Å². The number of aromatic nitrogens is 1. The second-order valence-electron chi connectivity index (χ2n) is 6.23. The van der Waals surface area contributed by atoms with Gasteiger partial charge in [-0.05, 0) is 12.1 Å². The second-order valence-corrected chi connectivity index (χ2v) is 7.26. The lowest BCUT2D eigenvalue weighted by atomic mass is 10.2. The number of alkyl halides is 3. The Morgan fingerprint density at radius 3 is 2.79 bits per heavy atom. The Morgan fingerprint density at radius 2 is 2.14 bits per heavy atom. The number of amides is 2. The number of fused-ring (bicyclic) bond motifs is 1. The van der Waals surface area contributed by atoms with E-state index in [1.54, 1.807) is 0 Å². The fourth-order valence-corrected chi connectivity index (χ4v) is 3.33. The number of rotatable bonds is 7. The number of carbonyl (C=O) groups excluding carboxylic acids is 2. The Bertz CT molecular complexity index is 869. The van der Waals surface area contributed by atoms with Crippen molar-refractivity contribution in [2.24, 2.45) is 0 Å². The van der Waals surface area contributed by atoms with Crippen LogP contribution in [0, 0.1) is 0 Å². The topological polar surface area (TPSA) is 95.6 Å². The van der Waals surface area contributed by atoms with E-state index in [9.17, 15) is 22.8 Å². The third-order valence-electron chi connectivity index (χ3n) is 3.97. The third-order valence-corrected chi connectivity index (χ3v) is 4.90. The summed E-state index contributed by atoms with van der Waals surface area (Å²) in [7, 11) is 1.52. The van der Waals surface area contributed by atoms with Gasteiger partial charge < -0.3 is 25.6 Å². The molecule has 3 N–H and O–H groups in total. The summed E-state index contributed by atoms with van der Waals surface area (Å²) in [5.74, 6) is -1.03. The summed E-state index contributed by atoms with van der Waals surface area (Å²) < 4.78 is 41.2. The minimum atomic E-state index is -4.78. The van der Waals surface area contributed by atoms with Gasteiger partial charge in [0, 0.05) is 32.2 Å². The number of hydrogen-bond acceptors (Lipinski definition) is 7. The molecule has 2 amide bonds. The number of anilines is 1. The molecule has 0 unspecified atom stereocenters. The summed E-state index contributed by atoms with van der Waals surface area (Å²) in [5.41, 5.74) is 0.428. The summed E-state index contributed by atoms with van der Waals surface area (Å²) in [6.45, 7) is 1.59. The van der Waals surface area contributed by atoms with E-state index in [2.05, 4.69) is 25.7 Å². The lowest BCUT2D eigenvalue weighted by Gasteiger charge is -2.28. The summed E-state index contributed by atoms with van der Waals surface area (Å²) in [5, 5.41) is 8.93. The van der Waals surface area contributed by atoms with Crippen molar-refractivity contribution in [3.63, 3.8) is 0 Å². The van der Waals surface area contributed by atoms with Gasteiger partial charge in [0.1, 0.15) is 5.75 Å². The van der Waals surface area contributed by atoms with Gasteiger partial charge in [-0.1, -0.05) is 11.3 Å². The highest BCUT2D eigenvalue weighted by Gasteiger charge is 2.31. The minimum Gasteiger partial charge on any atom is -0.406 e. The molecular formula is C16H18F3N5O3S. The van der Waals surface area contributed by atoms with Gasteiger partial charge in [-0.3, -0.25) is 9.59 Å². The van der Waals surface area contributed by atoms with Crippen LogP contribution in [0.4, 0.5) is 18.3 Å². The number of halogens is 3. The molecule has 1 aliphatic rings. The molecule has 0 radical (unpaired) electrons. The molecule has 152 valence electrons. The number of nitrogens with one attached hydrogen (secondary N) is 3. The van der Waals surface area contributed by atoms with Crippen LogP contribution in [0.25, 0.3) is 10.2 Å². The first-order chi connectivity index (χ1) is 13.2. The predicted octanol–water partition coefficient (Wildman–Crippen LogP) is 1.15. The Labute approximate surface area is 162 Å². The fourth-order valence-electron chi connectivity index (χ4n) is 2.42. The van der Waals surface area contributed by atoms with E-state index in [0.717, 1.165) is 30.5 Å². The molecule has 28 heavy (non-hydrogen) atoms. The monoisotopic (exact) mass is 417 g/mol. The van der Waals surface area contributed by atoms with E-state index in [1.165, 1.54) is 24.1 Å². The lowest BCUT2D eigenvalue weighted by Crippen LogP contribution is -2.57. The molecule has 2 aromatic rings. The summed E-state index contributed by atoms with van der Waals surface area (Å²) >= 11 is 1.01. The van der Waals surface area contributed by atoms with Crippen molar-refractivity contribution in [1.29, 1.82) is 0 Å². The van der Waals surface area contributed by atoms with E-state index < -0.39 is 12.3 Å². The van der Waals surface area contributed by atoms with E-state index in [1.807, 2.05) is 0 Å². The fraction of sp³-hybridized carbons (Fsp3) is 0.438. The van der Waals surface area contributed by atoms with Crippen LogP contribution in [0.3, 0.4) is 0 Å². The molecule has 3 rings (SSSR count). The zero-order valence-electron chi connectivity index (χ0n) is 14.8. The summed E-state index contributed by atoms with van der Waals surface area (Å²) in [6.07, 6.45) is -4.78. The predicted molar refractivity (Wildman–Crippen MR) is 97.2 cm³/mol. The number of benzene rings is 1. The average Bonchev–Trinajstić information content (AvgIpc) is 2.92. The van der Waals surface area contributed by atoms with Gasteiger partial charge in [0.05, 0.1) is 23.3 Å². The quantitative estimate of drug-likeness (QED) is 0.626. The second kappa shape index (κ2) is 8.29. The van der Waals surface area contributed by atoms with Crippen LogP contribution in [0.5, 0.6) is 5.75 Å². The van der Waals surface area contributed by atoms with Crippen molar-refractivity contribution in [2.45, 2.75) is 12.4 Å². The van der Waals surface area contributed by atoms with Gasteiger partial charge in [0.25, 0.3) is 0 Å². The number of likely N-dealkylation sites (N-methyl/N-ethyl adjacent to an activating group) is 1. The van der Waals surface area contributed by atoms with Gasteiger partial charge in [0.2, 0.25) is 11.8 Å². The first-order valence-electron chi connectivity index (χ1n) is 8.34. The van der Waals surface area contributed by atoms with E-state index in [-0.39, 0.29) is 35.9 Å². The molecule has 1 saturated heterocycles. The molecule has 1 aromatic heterocycles. The molecule has 1 aliphatic heterocycles. The maximum atomic E-state index is 12.3. The maximum Gasteiger partial charge on any atom is 0.573 e. The molecule has 1 fully saturated rings. The van der Waals surface area contributed by atoms with Crippen molar-refractivity contribution < 1.29 is 27.5 Å². The van der Waals surface area contributed by atoms with Gasteiger partial charge in [-0.25, -0.2) is 4.98 Å².